The van der Waals surface area contributed by atoms with E-state index in [9.17, 15) is 25.1 Å². The number of nitrogens with zero attached hydrogens (tertiary/aromatic N) is 2. The maximum Gasteiger partial charge on any atom is 0.311 e. The predicted molar refractivity (Wildman–Crippen MR) is 121 cm³/mol. The van der Waals surface area contributed by atoms with E-state index in [2.05, 4.69) is 31.3 Å². The molecular formula is C23H29N3O6. The van der Waals surface area contributed by atoms with Gasteiger partial charge in [0, 0.05) is 11.6 Å². The van der Waals surface area contributed by atoms with Crippen LogP contribution in [0.15, 0.2) is 41.5 Å². The van der Waals surface area contributed by atoms with Gasteiger partial charge in [-0.15, -0.1) is 0 Å². The van der Waals surface area contributed by atoms with E-state index < -0.39 is 17.4 Å². The van der Waals surface area contributed by atoms with Crippen molar-refractivity contribution in [2.45, 2.75) is 46.5 Å². The molecular weight excluding hydrogens is 414 g/mol. The number of nitrogens with one attached hydrogen (secondary N) is 1. The van der Waals surface area contributed by atoms with Gasteiger partial charge in [-0.2, -0.15) is 5.10 Å². The molecule has 0 radical (unpaired) electrons. The molecule has 2 rings (SSSR count). The van der Waals surface area contributed by atoms with Gasteiger partial charge < -0.3 is 14.9 Å². The van der Waals surface area contributed by atoms with Crippen molar-refractivity contribution in [3.05, 3.63) is 57.6 Å². The molecule has 2 aromatic rings. The van der Waals surface area contributed by atoms with E-state index in [0.29, 0.717) is 0 Å². The summed E-state index contributed by atoms with van der Waals surface area (Å²) in [5.74, 6) is -0.857. The van der Waals surface area contributed by atoms with Crippen LogP contribution in [0.2, 0.25) is 0 Å². The van der Waals surface area contributed by atoms with Crippen molar-refractivity contribution in [3.8, 4) is 17.2 Å². The molecule has 9 nitrogen and oxygen atoms in total. The Morgan fingerprint density at radius 3 is 2.47 bits per heavy atom. The van der Waals surface area contributed by atoms with Crippen LogP contribution in [0.25, 0.3) is 0 Å². The summed E-state index contributed by atoms with van der Waals surface area (Å²) in [5.41, 5.74) is 2.76. The van der Waals surface area contributed by atoms with Gasteiger partial charge in [0.1, 0.15) is 11.5 Å². The lowest BCUT2D eigenvalue weighted by Gasteiger charge is -2.33. The van der Waals surface area contributed by atoms with Gasteiger partial charge >= 0.3 is 5.69 Å². The number of carbonyl (C=O) groups is 1. The zero-order chi connectivity index (χ0) is 24.1. The highest BCUT2D eigenvalue weighted by atomic mass is 16.6. The number of phenolic OH excluding ortho intramolecular Hbond substituents is 2. The monoisotopic (exact) mass is 443 g/mol. The van der Waals surface area contributed by atoms with Crippen LogP contribution in [-0.4, -0.2) is 33.9 Å². The zero-order valence-corrected chi connectivity index (χ0v) is 18.9. The highest BCUT2D eigenvalue weighted by molar-refractivity contribution is 5.85. The second-order valence-electron chi connectivity index (χ2n) is 9.39. The largest absolute Gasteiger partial charge is 0.508 e. The maximum absolute atomic E-state index is 12.0. The van der Waals surface area contributed by atoms with E-state index in [1.54, 1.807) is 6.07 Å². The zero-order valence-electron chi connectivity index (χ0n) is 18.9. The van der Waals surface area contributed by atoms with Crippen molar-refractivity contribution in [3.63, 3.8) is 0 Å². The predicted octanol–water partition coefficient (Wildman–Crippen LogP) is 4.25. The van der Waals surface area contributed by atoms with E-state index in [0.717, 1.165) is 18.2 Å². The van der Waals surface area contributed by atoms with Crippen LogP contribution >= 0.6 is 0 Å². The molecule has 0 atom stereocenters. The van der Waals surface area contributed by atoms with Gasteiger partial charge in [-0.05, 0) is 47.1 Å². The molecule has 0 fully saturated rings. The molecule has 0 bridgehead atoms. The first kappa shape index (κ1) is 24.6. The third-order valence-electron chi connectivity index (χ3n) is 4.67. The molecule has 2 aromatic carbocycles. The van der Waals surface area contributed by atoms with E-state index in [4.69, 9.17) is 4.74 Å². The molecule has 1 amide bonds. The van der Waals surface area contributed by atoms with Gasteiger partial charge in [-0.25, -0.2) is 5.43 Å². The van der Waals surface area contributed by atoms with Crippen molar-refractivity contribution in [1.29, 1.82) is 0 Å². The molecule has 172 valence electrons. The number of hydrazone groups is 1. The number of hydrogen-bond donors (Lipinski definition) is 3. The Morgan fingerprint density at radius 2 is 1.84 bits per heavy atom. The van der Waals surface area contributed by atoms with Crippen LogP contribution in [0.5, 0.6) is 17.2 Å². The molecule has 9 heteroatoms. The first-order valence-electron chi connectivity index (χ1n) is 10.0. The fourth-order valence-electron chi connectivity index (χ4n) is 3.63. The van der Waals surface area contributed by atoms with Crippen molar-refractivity contribution < 1.29 is 24.7 Å². The molecule has 0 aliphatic carbocycles. The van der Waals surface area contributed by atoms with Crippen LogP contribution in [0, 0.1) is 15.5 Å². The van der Waals surface area contributed by atoms with Gasteiger partial charge in [0.25, 0.3) is 5.91 Å². The maximum atomic E-state index is 12.0. The number of hydrogen-bond acceptors (Lipinski definition) is 7. The van der Waals surface area contributed by atoms with E-state index in [1.807, 2.05) is 13.8 Å². The van der Waals surface area contributed by atoms with Crippen molar-refractivity contribution >= 4 is 17.8 Å². The molecule has 0 heterocycles. The molecule has 0 saturated carbocycles. The van der Waals surface area contributed by atoms with Crippen molar-refractivity contribution in [2.24, 2.45) is 10.5 Å². The second kappa shape index (κ2) is 9.67. The average Bonchev–Trinajstić information content (AvgIpc) is 2.67. The minimum atomic E-state index is -0.646. The highest BCUT2D eigenvalue weighted by Crippen LogP contribution is 2.39. The Labute approximate surface area is 186 Å². The van der Waals surface area contributed by atoms with Gasteiger partial charge in [0.15, 0.2) is 12.4 Å². The summed E-state index contributed by atoms with van der Waals surface area (Å²) in [7, 11) is 0. The lowest BCUT2D eigenvalue weighted by Crippen LogP contribution is -2.26. The molecule has 0 saturated heterocycles. The summed E-state index contributed by atoms with van der Waals surface area (Å²) >= 11 is 0. The summed E-state index contributed by atoms with van der Waals surface area (Å²) in [6.45, 7) is 9.92. The van der Waals surface area contributed by atoms with Crippen LogP contribution in [0.3, 0.4) is 0 Å². The third-order valence-corrected chi connectivity index (χ3v) is 4.67. The molecule has 0 aliphatic rings. The molecule has 0 aliphatic heterocycles. The molecule has 0 unspecified atom stereocenters. The highest BCUT2D eigenvalue weighted by Gasteiger charge is 2.29. The summed E-state index contributed by atoms with van der Waals surface area (Å²) in [5, 5.41) is 34.4. The molecule has 3 N–H and O–H groups in total. The quantitative estimate of drug-likeness (QED) is 0.242. The number of amides is 1. The Bertz CT molecular complexity index is 1020. The standard InChI is InChI=1S/C23H29N3O6/c1-22(2,3)14-23(4,5)16-6-9-20(18(11-16)26(30)31)32-13-21(29)25-24-12-15-10-17(27)7-8-19(15)28/h6-12,27-28H,13-14H2,1-5H3,(H,25,29). The Hall–Kier alpha value is -3.62. The van der Waals surface area contributed by atoms with Gasteiger partial charge in [0.2, 0.25) is 0 Å². The van der Waals surface area contributed by atoms with E-state index in [-0.39, 0.29) is 39.3 Å². The summed E-state index contributed by atoms with van der Waals surface area (Å²) in [4.78, 5) is 23.0. The van der Waals surface area contributed by atoms with Crippen LogP contribution in [0.1, 0.15) is 52.2 Å². The first-order valence-corrected chi connectivity index (χ1v) is 10.0. The average molecular weight is 444 g/mol. The van der Waals surface area contributed by atoms with Gasteiger partial charge in [-0.1, -0.05) is 40.7 Å². The van der Waals surface area contributed by atoms with Crippen molar-refractivity contribution in [2.75, 3.05) is 6.61 Å². The lowest BCUT2D eigenvalue weighted by atomic mass is 9.72. The number of nitro groups is 1. The Balaban J connectivity index is 2.07. The fraction of sp³-hybridized carbons (Fsp3) is 0.391. The van der Waals surface area contributed by atoms with Crippen LogP contribution in [0.4, 0.5) is 5.69 Å². The minimum absolute atomic E-state index is 0.0185. The lowest BCUT2D eigenvalue weighted by molar-refractivity contribution is -0.385. The van der Waals surface area contributed by atoms with Crippen LogP contribution in [-0.2, 0) is 10.2 Å². The number of aromatic hydroxyl groups is 2. The topological polar surface area (TPSA) is 134 Å². The molecule has 0 aromatic heterocycles. The third kappa shape index (κ3) is 6.97. The molecule has 32 heavy (non-hydrogen) atoms. The Kier molecular flexibility index (Phi) is 7.45. The summed E-state index contributed by atoms with van der Waals surface area (Å²) in [6, 6.07) is 8.62. The fourth-order valence-corrected chi connectivity index (χ4v) is 3.63. The van der Waals surface area contributed by atoms with E-state index in [1.165, 1.54) is 30.3 Å². The Morgan fingerprint density at radius 1 is 1.16 bits per heavy atom. The SMILES string of the molecule is CC(C)(C)CC(C)(C)c1ccc(OCC(=O)NN=Cc2cc(O)ccc2O)c([N+](=O)[O-])c1. The smallest absolute Gasteiger partial charge is 0.311 e. The van der Waals surface area contributed by atoms with Crippen LogP contribution < -0.4 is 10.2 Å². The second-order valence-corrected chi connectivity index (χ2v) is 9.39. The first-order chi connectivity index (χ1) is 14.8. The number of benzene rings is 2. The summed E-state index contributed by atoms with van der Waals surface area (Å²) in [6.07, 6.45) is 1.98. The summed E-state index contributed by atoms with van der Waals surface area (Å²) < 4.78 is 5.36. The normalized spacial score (nSPS) is 12.0. The minimum Gasteiger partial charge on any atom is -0.508 e. The van der Waals surface area contributed by atoms with Crippen molar-refractivity contribution in [1.82, 2.24) is 5.43 Å². The number of rotatable bonds is 8. The van der Waals surface area contributed by atoms with Gasteiger partial charge in [0.05, 0.1) is 11.1 Å². The van der Waals surface area contributed by atoms with E-state index >= 15 is 0 Å². The number of nitro benzene ring substituents is 1. The number of phenols is 2. The number of carbonyl (C=O) groups excluding carboxylic acids is 1. The number of ether oxygens (including phenoxy) is 1. The molecule has 0 spiro atoms. The van der Waals surface area contributed by atoms with Gasteiger partial charge in [-0.3, -0.25) is 14.9 Å².